The van der Waals surface area contributed by atoms with Crippen molar-refractivity contribution >= 4 is 7.12 Å². The van der Waals surface area contributed by atoms with E-state index in [9.17, 15) is 0 Å². The van der Waals surface area contributed by atoms with Gasteiger partial charge in [0.1, 0.15) is 0 Å². The van der Waals surface area contributed by atoms with Crippen LogP contribution in [0.25, 0.3) is 0 Å². The summed E-state index contributed by atoms with van der Waals surface area (Å²) in [6.07, 6.45) is 1.93. The second-order valence-corrected chi connectivity index (χ2v) is 4.17. The highest BCUT2D eigenvalue weighted by molar-refractivity contribution is 6.45. The van der Waals surface area contributed by atoms with Crippen LogP contribution in [0, 0.1) is 0 Å². The molecule has 0 aromatic carbocycles. The Balaban J connectivity index is 2.76. The molecule has 0 aromatic heterocycles. The lowest BCUT2D eigenvalue weighted by molar-refractivity contribution is -0.0118. The van der Waals surface area contributed by atoms with Gasteiger partial charge in [-0.25, -0.2) is 0 Å². The Morgan fingerprint density at radius 2 is 1.67 bits per heavy atom. The fourth-order valence-corrected chi connectivity index (χ4v) is 1.59. The van der Waals surface area contributed by atoms with Gasteiger partial charge in [0.15, 0.2) is 0 Å². The van der Waals surface area contributed by atoms with Crippen molar-refractivity contribution < 1.29 is 9.31 Å². The maximum Gasteiger partial charge on any atom is 0.457 e. The van der Waals surface area contributed by atoms with Gasteiger partial charge < -0.3 is 9.31 Å². The van der Waals surface area contributed by atoms with Gasteiger partial charge in [-0.3, -0.25) is 0 Å². The molecule has 1 rings (SSSR count). The molecule has 1 heterocycles. The minimum Gasteiger partial charge on any atom is -0.403 e. The van der Waals surface area contributed by atoms with E-state index in [1.165, 1.54) is 0 Å². The van der Waals surface area contributed by atoms with Crippen LogP contribution in [-0.4, -0.2) is 18.3 Å². The molecule has 0 spiro atoms. The zero-order chi connectivity index (χ0) is 9.41. The molecule has 0 aromatic rings. The molecule has 0 unspecified atom stereocenters. The van der Waals surface area contributed by atoms with Crippen molar-refractivity contribution in [1.82, 2.24) is 0 Å². The van der Waals surface area contributed by atoms with E-state index in [1.807, 2.05) is 0 Å². The lowest BCUT2D eigenvalue weighted by Crippen LogP contribution is -2.44. The summed E-state index contributed by atoms with van der Waals surface area (Å²) < 4.78 is 11.6. The smallest absolute Gasteiger partial charge is 0.403 e. The average molecular weight is 170 g/mol. The van der Waals surface area contributed by atoms with Crippen LogP contribution in [0.3, 0.4) is 0 Å². The van der Waals surface area contributed by atoms with E-state index < -0.39 is 0 Å². The molecule has 70 valence electrons. The first kappa shape index (κ1) is 10.1. The Morgan fingerprint density at radius 1 is 1.08 bits per heavy atom. The standard InChI is InChI=1S/C9H19BO2/c1-6-9(5)8(3,4)11-10(7-2)12-9/h6-7H2,1-5H3/t9-/m1/s1. The maximum absolute atomic E-state index is 5.84. The molecule has 2 nitrogen and oxygen atoms in total. The van der Waals surface area contributed by atoms with Crippen molar-refractivity contribution in [1.29, 1.82) is 0 Å². The molecule has 0 aliphatic carbocycles. The second-order valence-electron chi connectivity index (χ2n) is 4.17. The van der Waals surface area contributed by atoms with Gasteiger partial charge in [-0.1, -0.05) is 13.8 Å². The Bertz CT molecular complexity index is 170. The molecule has 1 fully saturated rings. The molecule has 1 saturated heterocycles. The molecule has 1 aliphatic rings. The highest BCUT2D eigenvalue weighted by Gasteiger charge is 2.51. The van der Waals surface area contributed by atoms with Gasteiger partial charge in [0.2, 0.25) is 0 Å². The first-order valence-corrected chi connectivity index (χ1v) is 4.81. The quantitative estimate of drug-likeness (QED) is 0.592. The van der Waals surface area contributed by atoms with E-state index in [0.29, 0.717) is 0 Å². The summed E-state index contributed by atoms with van der Waals surface area (Å²) in [6, 6.07) is 0. The monoisotopic (exact) mass is 170 g/mol. The molecule has 1 aliphatic heterocycles. The summed E-state index contributed by atoms with van der Waals surface area (Å²) in [4.78, 5) is 0. The van der Waals surface area contributed by atoms with Gasteiger partial charge in [0.25, 0.3) is 0 Å². The molecular weight excluding hydrogens is 151 g/mol. The van der Waals surface area contributed by atoms with Gasteiger partial charge in [-0.15, -0.1) is 0 Å². The molecule has 3 heteroatoms. The van der Waals surface area contributed by atoms with Crippen molar-refractivity contribution in [3.05, 3.63) is 0 Å². The summed E-state index contributed by atoms with van der Waals surface area (Å²) in [5.41, 5.74) is -0.268. The zero-order valence-corrected chi connectivity index (χ0v) is 8.81. The fourth-order valence-electron chi connectivity index (χ4n) is 1.59. The number of hydrogen-bond donors (Lipinski definition) is 0. The molecule has 0 amide bonds. The summed E-state index contributed by atoms with van der Waals surface area (Å²) in [7, 11) is -0.00931. The van der Waals surface area contributed by atoms with Gasteiger partial charge in [-0.05, 0) is 33.5 Å². The normalized spacial score (nSPS) is 34.2. The van der Waals surface area contributed by atoms with Crippen molar-refractivity contribution in [2.45, 2.75) is 58.6 Å². The van der Waals surface area contributed by atoms with Crippen molar-refractivity contribution in [3.63, 3.8) is 0 Å². The topological polar surface area (TPSA) is 18.5 Å². The molecule has 12 heavy (non-hydrogen) atoms. The van der Waals surface area contributed by atoms with E-state index in [1.54, 1.807) is 0 Å². The molecule has 0 radical (unpaired) electrons. The van der Waals surface area contributed by atoms with Crippen LogP contribution in [0.15, 0.2) is 0 Å². The molecule has 0 N–H and O–H groups in total. The fraction of sp³-hybridized carbons (Fsp3) is 1.00. The third kappa shape index (κ3) is 1.40. The Hall–Kier alpha value is -0.0151. The maximum atomic E-state index is 5.84. The van der Waals surface area contributed by atoms with Crippen LogP contribution in [-0.2, 0) is 9.31 Å². The summed E-state index contributed by atoms with van der Waals surface area (Å²) in [5, 5.41) is 0. The predicted octanol–water partition coefficient (Wildman–Crippen LogP) is 2.49. The van der Waals surface area contributed by atoms with E-state index >= 15 is 0 Å². The van der Waals surface area contributed by atoms with Crippen LogP contribution >= 0.6 is 0 Å². The first-order chi connectivity index (χ1) is 5.45. The highest BCUT2D eigenvalue weighted by Crippen LogP contribution is 2.40. The van der Waals surface area contributed by atoms with E-state index in [2.05, 4.69) is 34.6 Å². The Morgan fingerprint density at radius 3 is 1.92 bits per heavy atom. The predicted molar refractivity (Wildman–Crippen MR) is 51.2 cm³/mol. The lowest BCUT2D eigenvalue weighted by Gasteiger charge is -2.35. The summed E-state index contributed by atoms with van der Waals surface area (Å²) in [6.45, 7) is 10.6. The van der Waals surface area contributed by atoms with E-state index in [0.717, 1.165) is 12.7 Å². The number of rotatable bonds is 2. The number of hydrogen-bond acceptors (Lipinski definition) is 2. The van der Waals surface area contributed by atoms with Crippen LogP contribution in [0.4, 0.5) is 0 Å². The SMILES string of the molecule is CCB1OC(C)(C)[C@@](C)(CC)O1. The Labute approximate surface area is 75.8 Å². The van der Waals surface area contributed by atoms with Crippen LogP contribution in [0.5, 0.6) is 0 Å². The average Bonchev–Trinajstić information content (AvgIpc) is 2.24. The third-order valence-corrected chi connectivity index (χ3v) is 3.10. The molecular formula is C9H19BO2. The van der Waals surface area contributed by atoms with Gasteiger partial charge in [0, 0.05) is 0 Å². The minimum atomic E-state index is -0.150. The highest BCUT2D eigenvalue weighted by atomic mass is 16.7. The van der Waals surface area contributed by atoms with Gasteiger partial charge in [-0.2, -0.15) is 0 Å². The summed E-state index contributed by atoms with van der Waals surface area (Å²) in [5.74, 6) is 0. The van der Waals surface area contributed by atoms with E-state index in [-0.39, 0.29) is 18.3 Å². The molecule has 1 atom stereocenters. The zero-order valence-electron chi connectivity index (χ0n) is 8.81. The van der Waals surface area contributed by atoms with Crippen LogP contribution in [0.1, 0.15) is 41.0 Å². The van der Waals surface area contributed by atoms with Crippen LogP contribution < -0.4 is 0 Å². The van der Waals surface area contributed by atoms with Crippen molar-refractivity contribution in [2.24, 2.45) is 0 Å². The molecule has 0 saturated carbocycles. The van der Waals surface area contributed by atoms with E-state index in [4.69, 9.17) is 9.31 Å². The third-order valence-electron chi connectivity index (χ3n) is 3.10. The van der Waals surface area contributed by atoms with Crippen molar-refractivity contribution in [3.8, 4) is 0 Å². The minimum absolute atomic E-state index is 0.00931. The van der Waals surface area contributed by atoms with Crippen LogP contribution in [0.2, 0.25) is 6.32 Å². The lowest BCUT2D eigenvalue weighted by atomic mass is 9.85. The first-order valence-electron chi connectivity index (χ1n) is 4.81. The van der Waals surface area contributed by atoms with Crippen molar-refractivity contribution in [2.75, 3.05) is 0 Å². The summed E-state index contributed by atoms with van der Waals surface area (Å²) >= 11 is 0. The Kier molecular flexibility index (Phi) is 2.55. The largest absolute Gasteiger partial charge is 0.457 e. The van der Waals surface area contributed by atoms with Gasteiger partial charge in [0.05, 0.1) is 11.2 Å². The van der Waals surface area contributed by atoms with Gasteiger partial charge >= 0.3 is 7.12 Å². The molecule has 0 bridgehead atoms. The second kappa shape index (κ2) is 3.04.